The molecule has 0 saturated carbocycles. The Morgan fingerprint density at radius 1 is 1.09 bits per heavy atom. The first-order valence-electron chi connectivity index (χ1n) is 11.2. The summed E-state index contributed by atoms with van der Waals surface area (Å²) < 4.78 is 16.8. The predicted molar refractivity (Wildman–Crippen MR) is 132 cm³/mol. The number of aromatic nitrogens is 5. The van der Waals surface area contributed by atoms with Crippen molar-refractivity contribution in [3.63, 3.8) is 0 Å². The fourth-order valence-corrected chi connectivity index (χ4v) is 3.98. The molecule has 1 unspecified atom stereocenters. The Balaban J connectivity index is 1.59. The van der Waals surface area contributed by atoms with E-state index in [0.717, 1.165) is 22.5 Å². The second kappa shape index (κ2) is 9.02. The summed E-state index contributed by atoms with van der Waals surface area (Å²) >= 11 is 0. The van der Waals surface area contributed by atoms with E-state index in [-0.39, 0.29) is 17.8 Å². The van der Waals surface area contributed by atoms with Gasteiger partial charge in [-0.3, -0.25) is 4.79 Å². The first-order valence-corrected chi connectivity index (χ1v) is 11.2. The lowest BCUT2D eigenvalue weighted by Gasteiger charge is -2.13. The van der Waals surface area contributed by atoms with Crippen LogP contribution in [0.15, 0.2) is 73.1 Å². The third kappa shape index (κ3) is 4.35. The van der Waals surface area contributed by atoms with E-state index in [2.05, 4.69) is 20.7 Å². The largest absolute Gasteiger partial charge is 0.362 e. The molecule has 0 fully saturated rings. The van der Waals surface area contributed by atoms with E-state index in [1.807, 2.05) is 56.4 Å². The second-order valence-electron chi connectivity index (χ2n) is 8.26. The fourth-order valence-electron chi connectivity index (χ4n) is 3.98. The number of nitrogens with zero attached hydrogens (tertiary/aromatic N) is 5. The lowest BCUT2D eigenvalue weighted by molar-refractivity contribution is 0.0964. The van der Waals surface area contributed by atoms with Crippen LogP contribution in [0.5, 0.6) is 0 Å². The Bertz CT molecular complexity index is 1520. The molecule has 0 aliphatic carbocycles. The summed E-state index contributed by atoms with van der Waals surface area (Å²) in [6.07, 6.45) is 3.36. The number of hydrogen-bond donors (Lipinski definition) is 2. The van der Waals surface area contributed by atoms with Crippen LogP contribution in [-0.2, 0) is 0 Å². The maximum Gasteiger partial charge on any atom is 0.254 e. The number of carbonyl (C=O) groups is 1. The Hall–Kier alpha value is -4.53. The van der Waals surface area contributed by atoms with E-state index in [9.17, 15) is 9.18 Å². The topological polar surface area (TPSA) is 89.1 Å². The third-order valence-electron chi connectivity index (χ3n) is 5.82. The van der Waals surface area contributed by atoms with Crippen molar-refractivity contribution in [1.82, 2.24) is 29.7 Å². The zero-order valence-corrected chi connectivity index (χ0v) is 19.5. The van der Waals surface area contributed by atoms with E-state index in [1.54, 1.807) is 34.6 Å². The molecule has 176 valence electrons. The molecule has 8 nitrogen and oxygen atoms in total. The zero-order chi connectivity index (χ0) is 24.5. The lowest BCUT2D eigenvalue weighted by Crippen LogP contribution is -2.17. The highest BCUT2D eigenvalue weighted by Crippen LogP contribution is 2.29. The first kappa shape index (κ1) is 22.3. The highest BCUT2D eigenvalue weighted by Gasteiger charge is 2.18. The summed E-state index contributed by atoms with van der Waals surface area (Å²) in [7, 11) is 1.59. The summed E-state index contributed by atoms with van der Waals surface area (Å²) in [4.78, 5) is 17.0. The van der Waals surface area contributed by atoms with Gasteiger partial charge in [-0.05, 0) is 55.8 Å². The number of benzene rings is 1. The normalized spacial score (nSPS) is 12.0. The molecule has 0 aliphatic heterocycles. The van der Waals surface area contributed by atoms with Crippen LogP contribution in [0.25, 0.3) is 22.6 Å². The van der Waals surface area contributed by atoms with Crippen LogP contribution in [0.4, 0.5) is 10.2 Å². The molecule has 35 heavy (non-hydrogen) atoms. The van der Waals surface area contributed by atoms with Crippen molar-refractivity contribution in [3.05, 3.63) is 95.7 Å². The van der Waals surface area contributed by atoms with Crippen molar-refractivity contribution in [2.75, 3.05) is 12.4 Å². The molecule has 1 amide bonds. The first-order chi connectivity index (χ1) is 16.9. The molecule has 1 atom stereocenters. The smallest absolute Gasteiger partial charge is 0.254 e. The van der Waals surface area contributed by atoms with Gasteiger partial charge in [-0.1, -0.05) is 18.2 Å². The Morgan fingerprint density at radius 2 is 1.89 bits per heavy atom. The Morgan fingerprint density at radius 3 is 2.63 bits per heavy atom. The molecule has 9 heteroatoms. The molecule has 4 heterocycles. The van der Waals surface area contributed by atoms with Gasteiger partial charge in [-0.15, -0.1) is 5.10 Å². The van der Waals surface area contributed by atoms with Crippen LogP contribution in [0.3, 0.4) is 0 Å². The quantitative estimate of drug-likeness (QED) is 0.381. The van der Waals surface area contributed by atoms with Gasteiger partial charge in [0.1, 0.15) is 11.6 Å². The molecule has 0 bridgehead atoms. The molecule has 0 aliphatic rings. The third-order valence-corrected chi connectivity index (χ3v) is 5.82. The van der Waals surface area contributed by atoms with Gasteiger partial charge in [-0.25, -0.2) is 18.6 Å². The number of nitrogens with one attached hydrogen (secondary N) is 2. The predicted octanol–water partition coefficient (Wildman–Crippen LogP) is 4.56. The monoisotopic (exact) mass is 469 g/mol. The number of rotatable bonds is 6. The fraction of sp³-hybridized carbons (Fsp3) is 0.154. The number of carbonyl (C=O) groups excluding carboxylic acids is 1. The van der Waals surface area contributed by atoms with E-state index in [1.165, 1.54) is 12.1 Å². The number of halogens is 1. The molecule has 2 N–H and O–H groups in total. The highest BCUT2D eigenvalue weighted by atomic mass is 19.1. The van der Waals surface area contributed by atoms with E-state index >= 15 is 0 Å². The van der Waals surface area contributed by atoms with Crippen LogP contribution in [0, 0.1) is 12.7 Å². The second-order valence-corrected chi connectivity index (χ2v) is 8.26. The number of hydrogen-bond acceptors (Lipinski definition) is 5. The highest BCUT2D eigenvalue weighted by molar-refractivity contribution is 6.01. The minimum absolute atomic E-state index is 0.102. The summed E-state index contributed by atoms with van der Waals surface area (Å²) in [5.41, 5.74) is 4.61. The average molecular weight is 470 g/mol. The number of amides is 1. The van der Waals surface area contributed by atoms with Crippen LogP contribution < -0.4 is 10.6 Å². The van der Waals surface area contributed by atoms with Crippen molar-refractivity contribution in [2.45, 2.75) is 19.9 Å². The van der Waals surface area contributed by atoms with Gasteiger partial charge in [0.25, 0.3) is 5.91 Å². The molecule has 0 saturated heterocycles. The van der Waals surface area contributed by atoms with Crippen molar-refractivity contribution < 1.29 is 9.18 Å². The van der Waals surface area contributed by atoms with Crippen molar-refractivity contribution in [2.24, 2.45) is 0 Å². The van der Waals surface area contributed by atoms with E-state index in [4.69, 9.17) is 5.10 Å². The minimum atomic E-state index is -0.274. The molecular weight excluding hydrogens is 445 g/mol. The summed E-state index contributed by atoms with van der Waals surface area (Å²) in [5.74, 6) is 0.827. The Labute approximate surface area is 201 Å². The van der Waals surface area contributed by atoms with E-state index in [0.29, 0.717) is 22.7 Å². The number of aryl methyl sites for hydroxylation is 1. The number of fused-ring (bicyclic) bond motifs is 1. The van der Waals surface area contributed by atoms with Gasteiger partial charge >= 0.3 is 0 Å². The zero-order valence-electron chi connectivity index (χ0n) is 19.5. The molecule has 0 radical (unpaired) electrons. The maximum absolute atomic E-state index is 13.4. The molecule has 5 aromatic rings. The molecule has 5 rings (SSSR count). The molecule has 1 aromatic carbocycles. The van der Waals surface area contributed by atoms with Crippen LogP contribution in [0.1, 0.15) is 34.6 Å². The number of pyridine rings is 2. The van der Waals surface area contributed by atoms with Crippen molar-refractivity contribution >= 4 is 17.2 Å². The SMILES string of the molecule is CNC(=O)c1cnn2ccc(-c3cc(NC(C)c4ccc(F)cc4)nn3-c3cccc(C)n3)cc12. The lowest BCUT2D eigenvalue weighted by atomic mass is 10.1. The van der Waals surface area contributed by atoms with Gasteiger partial charge in [0, 0.05) is 30.6 Å². The van der Waals surface area contributed by atoms with Gasteiger partial charge in [0.15, 0.2) is 5.82 Å². The van der Waals surface area contributed by atoms with Crippen LogP contribution >= 0.6 is 0 Å². The minimum Gasteiger partial charge on any atom is -0.362 e. The van der Waals surface area contributed by atoms with Gasteiger partial charge in [0.2, 0.25) is 0 Å². The Kier molecular flexibility index (Phi) is 5.74. The average Bonchev–Trinajstić information content (AvgIpc) is 3.48. The van der Waals surface area contributed by atoms with Gasteiger partial charge in [-0.2, -0.15) is 5.10 Å². The van der Waals surface area contributed by atoms with E-state index < -0.39 is 0 Å². The summed E-state index contributed by atoms with van der Waals surface area (Å²) in [6, 6.07) is 17.8. The molecule has 0 spiro atoms. The maximum atomic E-state index is 13.4. The van der Waals surface area contributed by atoms with Crippen molar-refractivity contribution in [1.29, 1.82) is 0 Å². The molecule has 4 aromatic heterocycles. The standard InChI is InChI=1S/C26H24FN7O/c1-16-5-4-6-25(30-16)34-22(14-24(32-34)31-17(2)18-7-9-20(27)10-8-18)19-11-12-33-23(13-19)21(15-29-33)26(35)28-3/h4-15,17H,1-3H3,(H,28,35)(H,31,32). The van der Waals surface area contributed by atoms with Crippen LogP contribution in [-0.4, -0.2) is 37.3 Å². The van der Waals surface area contributed by atoms with Crippen molar-refractivity contribution in [3.8, 4) is 17.1 Å². The summed E-state index contributed by atoms with van der Waals surface area (Å²) in [6.45, 7) is 3.92. The molecular formula is C26H24FN7O. The van der Waals surface area contributed by atoms with Gasteiger partial charge in [0.05, 0.1) is 29.0 Å². The number of anilines is 1. The summed E-state index contributed by atoms with van der Waals surface area (Å²) in [5, 5.41) is 15.1. The van der Waals surface area contributed by atoms with Crippen LogP contribution in [0.2, 0.25) is 0 Å². The van der Waals surface area contributed by atoms with Gasteiger partial charge < -0.3 is 10.6 Å².